The van der Waals surface area contributed by atoms with Crippen molar-refractivity contribution in [3.63, 3.8) is 0 Å². The van der Waals surface area contributed by atoms with Gasteiger partial charge < -0.3 is 44.8 Å². The highest BCUT2D eigenvalue weighted by Gasteiger charge is 2.46. The van der Waals surface area contributed by atoms with Gasteiger partial charge in [0.05, 0.1) is 18.9 Å². The number of aromatic nitrogens is 2. The Bertz CT molecular complexity index is 1500. The Labute approximate surface area is 269 Å². The number of hydrogen-bond donors (Lipinski definition) is 4. The monoisotopic (exact) mass is 658 g/mol. The van der Waals surface area contributed by atoms with E-state index in [0.717, 1.165) is 4.90 Å². The molecule has 1 aromatic carbocycles. The molecule has 0 aliphatic carbocycles. The molecule has 17 nitrogen and oxygen atoms in total. The molecule has 2 aromatic rings. The highest BCUT2D eigenvalue weighted by Crippen LogP contribution is 2.28. The van der Waals surface area contributed by atoms with Crippen molar-refractivity contribution in [3.8, 4) is 11.6 Å². The van der Waals surface area contributed by atoms with E-state index in [1.54, 1.807) is 30.3 Å². The number of β-amino-alcohol motifs (C(OH)–C–C–N with tert-alkyl or cyclic N) is 1. The van der Waals surface area contributed by atoms with Crippen LogP contribution in [0.2, 0.25) is 0 Å². The lowest BCUT2D eigenvalue weighted by molar-refractivity contribution is -0.156. The van der Waals surface area contributed by atoms with Crippen molar-refractivity contribution >= 4 is 35.8 Å². The number of aliphatic hydroxyl groups excluding tert-OH is 1. The summed E-state index contributed by atoms with van der Waals surface area (Å²) in [5.41, 5.74) is -1.38. The molecule has 0 unspecified atom stereocenters. The molecule has 254 valence electrons. The average Bonchev–Trinajstić information content (AvgIpc) is 3.65. The minimum atomic E-state index is -1.63. The summed E-state index contributed by atoms with van der Waals surface area (Å²) in [7, 11) is 1.18. The number of methoxy groups -OCH3 is 1. The van der Waals surface area contributed by atoms with Crippen LogP contribution in [0.3, 0.4) is 0 Å². The zero-order valence-corrected chi connectivity index (χ0v) is 26.2. The summed E-state index contributed by atoms with van der Waals surface area (Å²) in [4.78, 5) is 79.2. The lowest BCUT2D eigenvalue weighted by atomic mass is 10.1. The van der Waals surface area contributed by atoms with E-state index < -0.39 is 66.0 Å². The van der Waals surface area contributed by atoms with Crippen LogP contribution in [0.4, 0.5) is 4.79 Å². The minimum absolute atomic E-state index is 0.00221. The number of para-hydroxylation sites is 1. The predicted molar refractivity (Wildman–Crippen MR) is 161 cm³/mol. The van der Waals surface area contributed by atoms with Crippen molar-refractivity contribution in [2.24, 2.45) is 0 Å². The molecule has 2 aliphatic heterocycles. The molecule has 47 heavy (non-hydrogen) atoms. The number of hydrogen-bond acceptors (Lipinski definition) is 10. The number of carbonyl (C=O) groups is 6. The van der Waals surface area contributed by atoms with Gasteiger partial charge >= 0.3 is 18.0 Å². The fraction of sp³-hybridized carbons (Fsp3) is 0.500. The first-order valence-electron chi connectivity index (χ1n) is 14.9. The number of nitrogens with zero attached hydrogens (tertiary/aromatic N) is 5. The number of likely N-dealkylation sites (tertiary alicyclic amines) is 1. The Balaban J connectivity index is 1.59. The predicted octanol–water partition coefficient (Wildman–Crippen LogP) is -0.0501. The Kier molecular flexibility index (Phi) is 10.7. The maximum atomic E-state index is 13.6. The van der Waals surface area contributed by atoms with E-state index in [0.29, 0.717) is 5.69 Å². The maximum absolute atomic E-state index is 13.6. The molecule has 0 saturated carbocycles. The van der Waals surface area contributed by atoms with E-state index >= 15 is 0 Å². The van der Waals surface area contributed by atoms with Crippen LogP contribution in [0.5, 0.6) is 5.88 Å². The molecule has 4 amide bonds. The first-order valence-corrected chi connectivity index (χ1v) is 14.9. The van der Waals surface area contributed by atoms with E-state index in [1.165, 1.54) is 41.5 Å². The number of nitrogens with one attached hydrogen (secondary N) is 1. The van der Waals surface area contributed by atoms with Gasteiger partial charge in [-0.3, -0.25) is 19.2 Å². The van der Waals surface area contributed by atoms with Gasteiger partial charge in [-0.15, -0.1) is 0 Å². The second kappa shape index (κ2) is 14.5. The third-order valence-corrected chi connectivity index (χ3v) is 7.91. The number of rotatable bonds is 11. The lowest BCUT2D eigenvalue weighted by Gasteiger charge is -2.35. The van der Waals surface area contributed by atoms with Crippen LogP contribution in [0, 0.1) is 0 Å². The topological polar surface area (TPSA) is 221 Å². The lowest BCUT2D eigenvalue weighted by Crippen LogP contribution is -2.55. The Hall–Kier alpha value is -5.19. The smallest absolute Gasteiger partial charge is 0.407 e. The number of ether oxygens (including phenoxy) is 2. The van der Waals surface area contributed by atoms with E-state index in [2.05, 4.69) is 10.4 Å². The number of aliphatic carboxylic acids is 1. The summed E-state index contributed by atoms with van der Waals surface area (Å²) < 4.78 is 12.2. The molecule has 3 atom stereocenters. The maximum Gasteiger partial charge on any atom is 0.407 e. The van der Waals surface area contributed by atoms with Crippen LogP contribution in [0.15, 0.2) is 36.4 Å². The van der Waals surface area contributed by atoms with Crippen molar-refractivity contribution in [3.05, 3.63) is 42.1 Å². The van der Waals surface area contributed by atoms with Crippen LogP contribution >= 0.6 is 0 Å². The normalized spacial score (nSPS) is 18.8. The molecule has 0 spiro atoms. The van der Waals surface area contributed by atoms with Crippen LogP contribution in [0.1, 0.15) is 43.6 Å². The SMILES string of the molecule is COC(=O)[C@@H]1C[C@@H](O)CN1C(=O)C(C)(C)Oc1cc(C(=O)N[C@@H](CCC(=O)O)C(=O)N2CCN(C(=O)O)CC2)nn1-c1ccccc1. The second-order valence-electron chi connectivity index (χ2n) is 11.7. The van der Waals surface area contributed by atoms with Crippen LogP contribution in [-0.2, 0) is 23.9 Å². The van der Waals surface area contributed by atoms with Crippen molar-refractivity contribution < 1.29 is 53.6 Å². The summed E-state index contributed by atoms with van der Waals surface area (Å²) >= 11 is 0. The first kappa shape index (κ1) is 34.7. The van der Waals surface area contributed by atoms with E-state index in [1.807, 2.05) is 0 Å². The molecular weight excluding hydrogens is 620 g/mol. The quantitative estimate of drug-likeness (QED) is 0.234. The molecule has 4 N–H and O–H groups in total. The van der Waals surface area contributed by atoms with Gasteiger partial charge in [0.15, 0.2) is 11.3 Å². The Morgan fingerprint density at radius 3 is 2.26 bits per heavy atom. The summed E-state index contributed by atoms with van der Waals surface area (Å²) in [6.45, 7) is 3.07. The van der Waals surface area contributed by atoms with Gasteiger partial charge in [0.25, 0.3) is 11.8 Å². The molecule has 0 bridgehead atoms. The minimum Gasteiger partial charge on any atom is -0.481 e. The van der Waals surface area contributed by atoms with Crippen molar-refractivity contribution in [2.75, 3.05) is 39.8 Å². The third kappa shape index (κ3) is 8.16. The fourth-order valence-electron chi connectivity index (χ4n) is 5.45. The standard InChI is InChI=1S/C30H38N6O11/c1-30(2,28(43)35-17-19(37)15-22(35)27(42)46-3)47-23-16-21(32-36(23)18-7-5-4-6-8-18)25(40)31-20(9-10-24(38)39)26(41)33-11-13-34(14-12-33)29(44)45/h4-8,16,19-20,22,37H,9-15,17H2,1-3H3,(H,31,40)(H,38,39)(H,44,45)/t19-,20+,22+/m1/s1. The Morgan fingerprint density at radius 2 is 1.66 bits per heavy atom. The van der Waals surface area contributed by atoms with E-state index in [-0.39, 0.29) is 57.1 Å². The summed E-state index contributed by atoms with van der Waals surface area (Å²) in [5.74, 6) is -3.91. The Morgan fingerprint density at radius 1 is 1.02 bits per heavy atom. The molecule has 4 rings (SSSR count). The van der Waals surface area contributed by atoms with Gasteiger partial charge in [0, 0.05) is 51.6 Å². The summed E-state index contributed by atoms with van der Waals surface area (Å²) in [6.07, 6.45) is -2.72. The number of piperazine rings is 1. The van der Waals surface area contributed by atoms with Crippen LogP contribution < -0.4 is 10.1 Å². The molecule has 0 radical (unpaired) electrons. The molecule has 17 heteroatoms. The number of amides is 4. The molecule has 2 saturated heterocycles. The van der Waals surface area contributed by atoms with Crippen molar-refractivity contribution in [1.29, 1.82) is 0 Å². The number of carboxylic acids is 1. The van der Waals surface area contributed by atoms with Gasteiger partial charge in [-0.2, -0.15) is 5.10 Å². The number of esters is 1. The first-order chi connectivity index (χ1) is 22.2. The summed E-state index contributed by atoms with van der Waals surface area (Å²) in [6, 6.07) is 7.54. The number of aliphatic hydroxyl groups is 1. The van der Waals surface area contributed by atoms with E-state index in [4.69, 9.17) is 9.47 Å². The zero-order valence-electron chi connectivity index (χ0n) is 26.2. The van der Waals surface area contributed by atoms with Crippen molar-refractivity contribution in [1.82, 2.24) is 29.8 Å². The molecule has 3 heterocycles. The second-order valence-corrected chi connectivity index (χ2v) is 11.7. The molecule has 2 aliphatic rings. The summed E-state index contributed by atoms with van der Waals surface area (Å²) in [5, 5.41) is 35.6. The van der Waals surface area contributed by atoms with Crippen LogP contribution in [-0.4, -0.2) is 139 Å². The number of benzene rings is 1. The van der Waals surface area contributed by atoms with Gasteiger partial charge in [-0.25, -0.2) is 14.3 Å². The number of carboxylic acid groups (broad SMARTS) is 2. The highest BCUT2D eigenvalue weighted by molar-refractivity contribution is 5.97. The van der Waals surface area contributed by atoms with Gasteiger partial charge in [0.1, 0.15) is 12.1 Å². The average molecular weight is 659 g/mol. The molecule has 1 aromatic heterocycles. The van der Waals surface area contributed by atoms with Gasteiger partial charge in [-0.1, -0.05) is 18.2 Å². The van der Waals surface area contributed by atoms with Crippen molar-refractivity contribution in [2.45, 2.75) is 56.9 Å². The van der Waals surface area contributed by atoms with E-state index in [9.17, 15) is 44.1 Å². The third-order valence-electron chi connectivity index (χ3n) is 7.91. The fourth-order valence-corrected chi connectivity index (χ4v) is 5.45. The van der Waals surface area contributed by atoms with Gasteiger partial charge in [-0.05, 0) is 32.4 Å². The number of carbonyl (C=O) groups excluding carboxylic acids is 4. The zero-order chi connectivity index (χ0) is 34.5. The highest BCUT2D eigenvalue weighted by atomic mass is 16.5. The van der Waals surface area contributed by atoms with Gasteiger partial charge in [0.2, 0.25) is 11.8 Å². The molecule has 2 fully saturated rings. The largest absolute Gasteiger partial charge is 0.481 e. The van der Waals surface area contributed by atoms with Crippen LogP contribution in [0.25, 0.3) is 5.69 Å². The molecular formula is C30H38N6O11.